The summed E-state index contributed by atoms with van der Waals surface area (Å²) in [6.07, 6.45) is 1.33. The summed E-state index contributed by atoms with van der Waals surface area (Å²) in [5.74, 6) is 0. The van der Waals surface area contributed by atoms with Crippen LogP contribution in [0.2, 0.25) is 5.02 Å². The van der Waals surface area contributed by atoms with Crippen molar-refractivity contribution in [2.75, 3.05) is 0 Å². The maximum atomic E-state index is 12.7. The summed E-state index contributed by atoms with van der Waals surface area (Å²) in [6.45, 7) is 3.65. The summed E-state index contributed by atoms with van der Waals surface area (Å²) in [6, 6.07) is 11.7. The van der Waals surface area contributed by atoms with Crippen LogP contribution in [-0.4, -0.2) is 20.9 Å². The monoisotopic (exact) mass is 370 g/mol. The second-order valence-electron chi connectivity index (χ2n) is 5.73. The van der Waals surface area contributed by atoms with Crippen molar-refractivity contribution in [2.45, 2.75) is 13.8 Å². The molecule has 1 aromatic heterocycles. The molecule has 7 nitrogen and oxygen atoms in total. The maximum absolute atomic E-state index is 12.7. The number of para-hydroxylation sites is 1. The molecule has 0 saturated carbocycles. The number of aliphatic imine (C=N–C) groups is 1. The van der Waals surface area contributed by atoms with Crippen LogP contribution >= 0.6 is 11.6 Å². The van der Waals surface area contributed by atoms with Gasteiger partial charge in [0.05, 0.1) is 16.2 Å². The van der Waals surface area contributed by atoms with Gasteiger partial charge in [-0.25, -0.2) is 9.67 Å². The highest BCUT2D eigenvalue weighted by Gasteiger charge is 2.15. The Kier molecular flexibility index (Phi) is 4.73. The fraction of sp³-hybridized carbons (Fsp3) is 0.111. The van der Waals surface area contributed by atoms with Gasteiger partial charge in [0, 0.05) is 23.0 Å². The quantitative estimate of drug-likeness (QED) is 0.425. The molecule has 0 fully saturated rings. The minimum absolute atomic E-state index is 0.127. The minimum Gasteiger partial charge on any atom is -0.295 e. The van der Waals surface area contributed by atoms with Crippen molar-refractivity contribution in [3.8, 4) is 5.69 Å². The number of benzene rings is 2. The largest absolute Gasteiger partial charge is 0.296 e. The zero-order valence-corrected chi connectivity index (χ0v) is 14.8. The van der Waals surface area contributed by atoms with Gasteiger partial charge in [0.2, 0.25) is 0 Å². The highest BCUT2D eigenvalue weighted by Crippen LogP contribution is 2.30. The molecule has 0 aliphatic heterocycles. The molecule has 1 heterocycles. The zero-order chi connectivity index (χ0) is 18.8. The number of hydrogen-bond donors (Lipinski definition) is 1. The van der Waals surface area contributed by atoms with E-state index in [1.165, 1.54) is 29.1 Å². The first kappa shape index (κ1) is 17.6. The second kappa shape index (κ2) is 6.97. The van der Waals surface area contributed by atoms with E-state index in [-0.39, 0.29) is 22.0 Å². The number of nitrogens with zero attached hydrogens (tertiary/aromatic N) is 3. The van der Waals surface area contributed by atoms with E-state index in [4.69, 9.17) is 11.6 Å². The average Bonchev–Trinajstić information content (AvgIpc) is 2.88. The number of aryl methyl sites for hydroxylation is 2. The van der Waals surface area contributed by atoms with Gasteiger partial charge in [0.25, 0.3) is 11.2 Å². The molecule has 132 valence electrons. The van der Waals surface area contributed by atoms with Gasteiger partial charge in [0.15, 0.2) is 0 Å². The molecule has 0 aliphatic carbocycles. The number of nitrogens with one attached hydrogen (secondary N) is 1. The van der Waals surface area contributed by atoms with Crippen LogP contribution in [-0.2, 0) is 0 Å². The Bertz CT molecular complexity index is 1080. The summed E-state index contributed by atoms with van der Waals surface area (Å²) in [7, 11) is 0. The minimum atomic E-state index is -0.561. The fourth-order valence-corrected chi connectivity index (χ4v) is 2.75. The molecule has 0 radical (unpaired) electrons. The third-order valence-electron chi connectivity index (χ3n) is 3.94. The number of H-pyrrole nitrogens is 1. The number of hydrogen-bond acceptors (Lipinski definition) is 4. The Labute approximate surface area is 153 Å². The summed E-state index contributed by atoms with van der Waals surface area (Å²) in [5.41, 5.74) is 2.24. The number of rotatable bonds is 4. The predicted octanol–water partition coefficient (Wildman–Crippen LogP) is 4.09. The Morgan fingerprint density at radius 2 is 1.96 bits per heavy atom. The van der Waals surface area contributed by atoms with Crippen molar-refractivity contribution >= 4 is 29.2 Å². The Balaban J connectivity index is 2.05. The first-order chi connectivity index (χ1) is 12.4. The normalized spacial score (nSPS) is 11.2. The third-order valence-corrected chi connectivity index (χ3v) is 4.18. The molecule has 3 rings (SSSR count). The van der Waals surface area contributed by atoms with Gasteiger partial charge in [-0.15, -0.1) is 0 Å². The van der Waals surface area contributed by atoms with Crippen molar-refractivity contribution < 1.29 is 4.92 Å². The zero-order valence-electron chi connectivity index (χ0n) is 14.1. The molecule has 0 atom stereocenters. The van der Waals surface area contributed by atoms with Crippen molar-refractivity contribution in [1.82, 2.24) is 9.78 Å². The van der Waals surface area contributed by atoms with Crippen LogP contribution in [0.25, 0.3) is 5.69 Å². The number of nitro groups is 1. The molecule has 0 saturated heterocycles. The Hall–Kier alpha value is -3.19. The summed E-state index contributed by atoms with van der Waals surface area (Å²) < 4.78 is 1.43. The van der Waals surface area contributed by atoms with E-state index in [0.29, 0.717) is 11.3 Å². The van der Waals surface area contributed by atoms with Gasteiger partial charge < -0.3 is 0 Å². The van der Waals surface area contributed by atoms with E-state index in [1.54, 1.807) is 6.92 Å². The molecule has 1 N–H and O–H groups in total. The van der Waals surface area contributed by atoms with Crippen molar-refractivity contribution in [1.29, 1.82) is 0 Å². The van der Waals surface area contributed by atoms with Gasteiger partial charge >= 0.3 is 0 Å². The summed E-state index contributed by atoms with van der Waals surface area (Å²) in [5, 5.41) is 14.4. The van der Waals surface area contributed by atoms with Crippen molar-refractivity contribution in [3.05, 3.63) is 84.8 Å². The fourth-order valence-electron chi connectivity index (χ4n) is 2.58. The van der Waals surface area contributed by atoms with Crippen LogP contribution in [0.5, 0.6) is 0 Å². The summed E-state index contributed by atoms with van der Waals surface area (Å²) in [4.78, 5) is 27.4. The van der Waals surface area contributed by atoms with Crippen LogP contribution in [0.1, 0.15) is 16.8 Å². The highest BCUT2D eigenvalue weighted by molar-refractivity contribution is 6.30. The molecule has 0 unspecified atom stereocenters. The van der Waals surface area contributed by atoms with Crippen molar-refractivity contribution in [3.63, 3.8) is 0 Å². The summed E-state index contributed by atoms with van der Waals surface area (Å²) >= 11 is 5.80. The molecule has 0 aliphatic rings. The van der Waals surface area contributed by atoms with E-state index in [1.807, 2.05) is 31.2 Å². The van der Waals surface area contributed by atoms with E-state index in [0.717, 1.165) is 11.3 Å². The van der Waals surface area contributed by atoms with Crippen LogP contribution < -0.4 is 5.56 Å². The molecule has 26 heavy (non-hydrogen) atoms. The first-order valence-electron chi connectivity index (χ1n) is 7.74. The molecule has 8 heteroatoms. The number of aromatic amines is 1. The smallest absolute Gasteiger partial charge is 0.295 e. The van der Waals surface area contributed by atoms with Gasteiger partial charge in [-0.05, 0) is 37.6 Å². The SMILES string of the molecule is Cc1ccccc1-n1[nH]c(C)c(C=Nc2ccc(Cl)cc2[N+](=O)[O-])c1=O. The Morgan fingerprint density at radius 1 is 1.23 bits per heavy atom. The lowest BCUT2D eigenvalue weighted by molar-refractivity contribution is -0.384. The van der Waals surface area contributed by atoms with E-state index in [9.17, 15) is 14.9 Å². The first-order valence-corrected chi connectivity index (χ1v) is 8.12. The van der Waals surface area contributed by atoms with Gasteiger partial charge in [-0.2, -0.15) is 0 Å². The molecule has 0 bridgehead atoms. The topological polar surface area (TPSA) is 93.3 Å². The van der Waals surface area contributed by atoms with E-state index >= 15 is 0 Å². The van der Waals surface area contributed by atoms with Gasteiger partial charge in [-0.1, -0.05) is 29.8 Å². The van der Waals surface area contributed by atoms with Crippen LogP contribution in [0.4, 0.5) is 11.4 Å². The third kappa shape index (κ3) is 3.29. The van der Waals surface area contributed by atoms with Gasteiger partial charge in [0.1, 0.15) is 5.69 Å². The highest BCUT2D eigenvalue weighted by atomic mass is 35.5. The molecule has 2 aromatic carbocycles. The Morgan fingerprint density at radius 3 is 2.65 bits per heavy atom. The van der Waals surface area contributed by atoms with E-state index < -0.39 is 4.92 Å². The number of halogens is 1. The number of aromatic nitrogens is 2. The predicted molar refractivity (Wildman–Crippen MR) is 101 cm³/mol. The second-order valence-corrected chi connectivity index (χ2v) is 6.16. The average molecular weight is 371 g/mol. The van der Waals surface area contributed by atoms with Crippen LogP contribution in [0, 0.1) is 24.0 Å². The molecular formula is C18H15ClN4O3. The maximum Gasteiger partial charge on any atom is 0.296 e. The molecule has 3 aromatic rings. The molecule has 0 spiro atoms. The lowest BCUT2D eigenvalue weighted by atomic mass is 10.2. The van der Waals surface area contributed by atoms with Crippen molar-refractivity contribution in [2.24, 2.45) is 4.99 Å². The van der Waals surface area contributed by atoms with Crippen LogP contribution in [0.15, 0.2) is 52.3 Å². The van der Waals surface area contributed by atoms with Crippen LogP contribution in [0.3, 0.4) is 0 Å². The molecule has 0 amide bonds. The molecular weight excluding hydrogens is 356 g/mol. The lowest BCUT2D eigenvalue weighted by Crippen LogP contribution is -2.18. The van der Waals surface area contributed by atoms with Gasteiger partial charge in [-0.3, -0.25) is 20.0 Å². The standard InChI is InChI=1S/C18H15ClN4O3/c1-11-5-3-4-6-16(11)22-18(24)14(12(2)21-22)10-20-15-8-7-13(19)9-17(15)23(25)26/h3-10,21H,1-2H3. The lowest BCUT2D eigenvalue weighted by Gasteiger charge is -2.04. The van der Waals surface area contributed by atoms with E-state index in [2.05, 4.69) is 10.1 Å². The number of nitro benzene ring substituents is 1.